The minimum atomic E-state index is 0.0681. The highest BCUT2D eigenvalue weighted by molar-refractivity contribution is 5.94. The van der Waals surface area contributed by atoms with E-state index in [9.17, 15) is 4.79 Å². The lowest BCUT2D eigenvalue weighted by atomic mass is 10.1. The molecule has 126 valence electrons. The fourth-order valence-corrected chi connectivity index (χ4v) is 3.14. The summed E-state index contributed by atoms with van der Waals surface area (Å²) in [7, 11) is 0. The van der Waals surface area contributed by atoms with Crippen LogP contribution in [-0.4, -0.2) is 49.0 Å². The average molecular weight is 334 g/mol. The summed E-state index contributed by atoms with van der Waals surface area (Å²) in [5.74, 6) is 1.96. The quantitative estimate of drug-likeness (QED) is 0.788. The first-order valence-electron chi connectivity index (χ1n) is 8.30. The number of rotatable bonds is 4. The molecule has 3 aromatic rings. The lowest BCUT2D eigenvalue weighted by Gasteiger charge is -2.16. The van der Waals surface area contributed by atoms with Gasteiger partial charge in [-0.2, -0.15) is 5.10 Å². The standard InChI is InChI=1S/C18H18N6O/c25-18(14-3-7-19-8-4-14)24-9-5-13(12-24)10-16-21-17(23-22-16)15-2-1-6-20-11-15/h1-4,6-8,11,13H,5,9-10,12H2,(H,21,22,23). The van der Waals surface area contributed by atoms with Crippen LogP contribution >= 0.6 is 0 Å². The van der Waals surface area contributed by atoms with Crippen molar-refractivity contribution in [1.82, 2.24) is 30.0 Å². The molecule has 1 saturated heterocycles. The van der Waals surface area contributed by atoms with Crippen LogP contribution in [0.3, 0.4) is 0 Å². The molecule has 4 heterocycles. The van der Waals surface area contributed by atoms with Crippen LogP contribution in [0.2, 0.25) is 0 Å². The first kappa shape index (κ1) is 15.4. The van der Waals surface area contributed by atoms with Gasteiger partial charge in [0.2, 0.25) is 0 Å². The molecule has 1 N–H and O–H groups in total. The van der Waals surface area contributed by atoms with E-state index in [0.29, 0.717) is 17.3 Å². The summed E-state index contributed by atoms with van der Waals surface area (Å²) < 4.78 is 0. The van der Waals surface area contributed by atoms with E-state index in [2.05, 4.69) is 25.1 Å². The lowest BCUT2D eigenvalue weighted by molar-refractivity contribution is 0.0787. The molecule has 1 amide bonds. The van der Waals surface area contributed by atoms with Crippen molar-refractivity contribution < 1.29 is 4.79 Å². The molecule has 1 unspecified atom stereocenters. The minimum absolute atomic E-state index is 0.0681. The van der Waals surface area contributed by atoms with Gasteiger partial charge in [-0.3, -0.25) is 19.9 Å². The van der Waals surface area contributed by atoms with Crippen LogP contribution in [0, 0.1) is 5.92 Å². The summed E-state index contributed by atoms with van der Waals surface area (Å²) in [6, 6.07) is 7.31. The van der Waals surface area contributed by atoms with Crippen LogP contribution in [0.1, 0.15) is 22.6 Å². The van der Waals surface area contributed by atoms with E-state index in [4.69, 9.17) is 0 Å². The van der Waals surface area contributed by atoms with Gasteiger partial charge < -0.3 is 4.90 Å². The molecule has 1 atom stereocenters. The predicted molar refractivity (Wildman–Crippen MR) is 91.6 cm³/mol. The summed E-state index contributed by atoms with van der Waals surface area (Å²) in [6.45, 7) is 1.51. The molecule has 7 nitrogen and oxygen atoms in total. The summed E-state index contributed by atoms with van der Waals surface area (Å²) in [4.78, 5) is 27.0. The van der Waals surface area contributed by atoms with Crippen molar-refractivity contribution in [1.29, 1.82) is 0 Å². The zero-order valence-corrected chi connectivity index (χ0v) is 13.7. The lowest BCUT2D eigenvalue weighted by Crippen LogP contribution is -2.29. The third-order valence-electron chi connectivity index (χ3n) is 4.43. The van der Waals surface area contributed by atoms with Gasteiger partial charge in [0.15, 0.2) is 5.82 Å². The van der Waals surface area contributed by atoms with Gasteiger partial charge in [-0.25, -0.2) is 4.98 Å². The molecule has 25 heavy (non-hydrogen) atoms. The third-order valence-corrected chi connectivity index (χ3v) is 4.43. The van der Waals surface area contributed by atoms with E-state index in [0.717, 1.165) is 37.3 Å². The van der Waals surface area contributed by atoms with Crippen molar-refractivity contribution in [2.24, 2.45) is 5.92 Å². The molecule has 1 aliphatic heterocycles. The van der Waals surface area contributed by atoms with E-state index < -0.39 is 0 Å². The monoisotopic (exact) mass is 334 g/mol. The Balaban J connectivity index is 1.39. The number of nitrogens with one attached hydrogen (secondary N) is 1. The van der Waals surface area contributed by atoms with Crippen LogP contribution < -0.4 is 0 Å². The van der Waals surface area contributed by atoms with Crippen molar-refractivity contribution in [3.63, 3.8) is 0 Å². The maximum absolute atomic E-state index is 12.5. The molecule has 0 spiro atoms. The van der Waals surface area contributed by atoms with Gasteiger partial charge in [-0.15, -0.1) is 0 Å². The van der Waals surface area contributed by atoms with E-state index in [1.807, 2.05) is 17.0 Å². The molecule has 0 saturated carbocycles. The predicted octanol–water partition coefficient (Wildman–Crippen LogP) is 1.97. The fraction of sp³-hybridized carbons (Fsp3) is 0.278. The Morgan fingerprint density at radius 2 is 2.08 bits per heavy atom. The van der Waals surface area contributed by atoms with Crippen molar-refractivity contribution in [2.45, 2.75) is 12.8 Å². The van der Waals surface area contributed by atoms with E-state index in [1.165, 1.54) is 0 Å². The largest absolute Gasteiger partial charge is 0.338 e. The molecule has 1 fully saturated rings. The molecule has 0 radical (unpaired) electrons. The zero-order valence-electron chi connectivity index (χ0n) is 13.7. The SMILES string of the molecule is O=C(c1ccncc1)N1CCC(Cc2nc(-c3cccnc3)n[nH]2)C1. The Hall–Kier alpha value is -3.09. The number of hydrogen-bond donors (Lipinski definition) is 1. The zero-order chi connectivity index (χ0) is 17.1. The average Bonchev–Trinajstić information content (AvgIpc) is 3.33. The van der Waals surface area contributed by atoms with Gasteiger partial charge in [0.05, 0.1) is 0 Å². The second kappa shape index (κ2) is 6.80. The normalized spacial score (nSPS) is 17.0. The Labute approximate surface area is 145 Å². The van der Waals surface area contributed by atoms with Crippen LogP contribution in [0.4, 0.5) is 0 Å². The van der Waals surface area contributed by atoms with Gasteiger partial charge in [0.1, 0.15) is 5.82 Å². The first-order valence-corrected chi connectivity index (χ1v) is 8.30. The van der Waals surface area contributed by atoms with E-state index in [-0.39, 0.29) is 5.91 Å². The van der Waals surface area contributed by atoms with Crippen molar-refractivity contribution in [2.75, 3.05) is 13.1 Å². The van der Waals surface area contributed by atoms with Crippen molar-refractivity contribution in [3.05, 3.63) is 60.4 Å². The number of hydrogen-bond acceptors (Lipinski definition) is 5. The number of aromatic nitrogens is 5. The highest BCUT2D eigenvalue weighted by Gasteiger charge is 2.27. The highest BCUT2D eigenvalue weighted by atomic mass is 16.2. The van der Waals surface area contributed by atoms with Crippen molar-refractivity contribution >= 4 is 5.91 Å². The molecule has 0 aromatic carbocycles. The van der Waals surface area contributed by atoms with Crippen molar-refractivity contribution in [3.8, 4) is 11.4 Å². The number of nitrogens with zero attached hydrogens (tertiary/aromatic N) is 5. The first-order chi connectivity index (χ1) is 12.3. The van der Waals surface area contributed by atoms with Gasteiger partial charge in [-0.05, 0) is 36.6 Å². The van der Waals surface area contributed by atoms with Gasteiger partial charge in [-0.1, -0.05) is 0 Å². The minimum Gasteiger partial charge on any atom is -0.338 e. The summed E-state index contributed by atoms with van der Waals surface area (Å²) >= 11 is 0. The highest BCUT2D eigenvalue weighted by Crippen LogP contribution is 2.22. The molecule has 0 bridgehead atoms. The number of carbonyl (C=O) groups is 1. The van der Waals surface area contributed by atoms with Crippen LogP contribution in [-0.2, 0) is 6.42 Å². The second-order valence-corrected chi connectivity index (χ2v) is 6.19. The Morgan fingerprint density at radius 3 is 2.88 bits per heavy atom. The number of pyridine rings is 2. The number of H-pyrrole nitrogens is 1. The molecule has 3 aromatic heterocycles. The van der Waals surface area contributed by atoms with Crippen LogP contribution in [0.15, 0.2) is 49.1 Å². The maximum Gasteiger partial charge on any atom is 0.253 e. The summed E-state index contributed by atoms with van der Waals surface area (Å²) in [5, 5.41) is 7.27. The van der Waals surface area contributed by atoms with Gasteiger partial charge in [0, 0.05) is 55.4 Å². The van der Waals surface area contributed by atoms with Crippen LogP contribution in [0.5, 0.6) is 0 Å². The molecule has 1 aliphatic rings. The fourth-order valence-electron chi connectivity index (χ4n) is 3.14. The number of likely N-dealkylation sites (tertiary alicyclic amines) is 1. The number of amides is 1. The van der Waals surface area contributed by atoms with Gasteiger partial charge in [0.25, 0.3) is 5.91 Å². The molecular weight excluding hydrogens is 316 g/mol. The van der Waals surface area contributed by atoms with E-state index in [1.54, 1.807) is 36.9 Å². The molecule has 4 rings (SSSR count). The Morgan fingerprint density at radius 1 is 1.20 bits per heavy atom. The maximum atomic E-state index is 12.5. The summed E-state index contributed by atoms with van der Waals surface area (Å²) in [6.07, 6.45) is 8.53. The Bertz CT molecular complexity index is 848. The van der Waals surface area contributed by atoms with Crippen LogP contribution in [0.25, 0.3) is 11.4 Å². The number of carbonyl (C=O) groups excluding carboxylic acids is 1. The number of aromatic amines is 1. The molecular formula is C18H18N6O. The second-order valence-electron chi connectivity index (χ2n) is 6.19. The smallest absolute Gasteiger partial charge is 0.253 e. The van der Waals surface area contributed by atoms with Gasteiger partial charge >= 0.3 is 0 Å². The topological polar surface area (TPSA) is 87.7 Å². The Kier molecular flexibility index (Phi) is 4.20. The third kappa shape index (κ3) is 3.40. The molecule has 7 heteroatoms. The summed E-state index contributed by atoms with van der Waals surface area (Å²) in [5.41, 5.74) is 1.58. The van der Waals surface area contributed by atoms with E-state index >= 15 is 0 Å². The molecule has 0 aliphatic carbocycles.